The maximum Gasteiger partial charge on any atom is 0.417 e. The molecule has 130 valence electrons. The molecule has 1 heterocycles. The van der Waals surface area contributed by atoms with E-state index in [-0.39, 0.29) is 30.9 Å². The van der Waals surface area contributed by atoms with Gasteiger partial charge in [-0.15, -0.1) is 0 Å². The van der Waals surface area contributed by atoms with Gasteiger partial charge in [-0.1, -0.05) is 49.4 Å². The van der Waals surface area contributed by atoms with E-state index in [1.54, 1.807) is 7.11 Å². The van der Waals surface area contributed by atoms with Gasteiger partial charge in [0.05, 0.1) is 7.11 Å². The zero-order chi connectivity index (χ0) is 17.8. The average Bonchev–Trinajstić information content (AvgIpc) is 3.04. The molecule has 25 heavy (non-hydrogen) atoms. The lowest BCUT2D eigenvalue weighted by molar-refractivity contribution is -0.129. The molecular formula is C20H21NO4. The highest BCUT2D eigenvalue weighted by atomic mass is 16.6. The lowest BCUT2D eigenvalue weighted by Gasteiger charge is -2.22. The molecule has 2 aromatic rings. The van der Waals surface area contributed by atoms with E-state index in [0.29, 0.717) is 0 Å². The quantitative estimate of drug-likeness (QED) is 0.829. The van der Waals surface area contributed by atoms with E-state index in [1.807, 2.05) is 61.5 Å². The molecule has 3 rings (SSSR count). The SMILES string of the molecule is COc1ccc([C@H](C)CC(=O)N2C(=O)OC[C@H]2c2ccccc2)cc1. The average molecular weight is 339 g/mol. The van der Waals surface area contributed by atoms with Crippen LogP contribution in [0.2, 0.25) is 0 Å². The fourth-order valence-corrected chi connectivity index (χ4v) is 3.03. The van der Waals surface area contributed by atoms with Crippen molar-refractivity contribution in [1.29, 1.82) is 0 Å². The zero-order valence-electron chi connectivity index (χ0n) is 14.3. The number of carbonyl (C=O) groups is 2. The lowest BCUT2D eigenvalue weighted by atomic mass is 9.96. The van der Waals surface area contributed by atoms with Crippen LogP contribution in [0.5, 0.6) is 5.75 Å². The van der Waals surface area contributed by atoms with Crippen molar-refractivity contribution >= 4 is 12.0 Å². The minimum absolute atomic E-state index is 0.0109. The number of ether oxygens (including phenoxy) is 2. The third kappa shape index (κ3) is 3.65. The number of hydrogen-bond acceptors (Lipinski definition) is 4. The van der Waals surface area contributed by atoms with Crippen LogP contribution in [-0.2, 0) is 9.53 Å². The van der Waals surface area contributed by atoms with Crippen molar-refractivity contribution in [3.8, 4) is 5.75 Å². The van der Waals surface area contributed by atoms with Crippen LogP contribution < -0.4 is 4.74 Å². The summed E-state index contributed by atoms with van der Waals surface area (Å²) in [6.07, 6.45) is -0.328. The summed E-state index contributed by atoms with van der Waals surface area (Å²) in [6.45, 7) is 2.17. The van der Waals surface area contributed by atoms with Crippen LogP contribution in [0.25, 0.3) is 0 Å². The summed E-state index contributed by atoms with van der Waals surface area (Å²) in [6, 6.07) is 16.7. The fourth-order valence-electron chi connectivity index (χ4n) is 3.03. The predicted molar refractivity (Wildman–Crippen MR) is 93.4 cm³/mol. The van der Waals surface area contributed by atoms with Crippen molar-refractivity contribution in [3.05, 3.63) is 65.7 Å². The van der Waals surface area contributed by atoms with Crippen LogP contribution >= 0.6 is 0 Å². The number of benzene rings is 2. The Kier molecular flexibility index (Phi) is 5.03. The Hall–Kier alpha value is -2.82. The molecule has 1 fully saturated rings. The summed E-state index contributed by atoms with van der Waals surface area (Å²) in [5, 5.41) is 0. The van der Waals surface area contributed by atoms with E-state index in [2.05, 4.69) is 0 Å². The van der Waals surface area contributed by atoms with Crippen LogP contribution in [0.3, 0.4) is 0 Å². The molecule has 1 saturated heterocycles. The second kappa shape index (κ2) is 7.38. The van der Waals surface area contributed by atoms with Crippen molar-refractivity contribution < 1.29 is 19.1 Å². The van der Waals surface area contributed by atoms with E-state index in [9.17, 15) is 9.59 Å². The molecule has 2 amide bonds. The molecule has 0 radical (unpaired) electrons. The van der Waals surface area contributed by atoms with Gasteiger partial charge in [-0.25, -0.2) is 9.69 Å². The van der Waals surface area contributed by atoms with Gasteiger partial charge in [0.15, 0.2) is 0 Å². The van der Waals surface area contributed by atoms with Crippen LogP contribution in [0.15, 0.2) is 54.6 Å². The molecular weight excluding hydrogens is 318 g/mol. The minimum atomic E-state index is -0.569. The molecule has 1 aliphatic rings. The summed E-state index contributed by atoms with van der Waals surface area (Å²) in [5.41, 5.74) is 1.93. The van der Waals surface area contributed by atoms with Gasteiger partial charge >= 0.3 is 6.09 Å². The Balaban J connectivity index is 1.73. The summed E-state index contributed by atoms with van der Waals surface area (Å²) < 4.78 is 10.3. The van der Waals surface area contributed by atoms with E-state index in [4.69, 9.17) is 9.47 Å². The number of rotatable bonds is 5. The number of imide groups is 1. The standard InChI is InChI=1S/C20H21NO4/c1-14(15-8-10-17(24-2)11-9-15)12-19(22)21-18(13-25-20(21)23)16-6-4-3-5-7-16/h3-11,14,18H,12-13H2,1-2H3/t14-,18+/m1/s1. The van der Waals surface area contributed by atoms with Gasteiger partial charge < -0.3 is 9.47 Å². The number of methoxy groups -OCH3 is 1. The number of cyclic esters (lactones) is 1. The molecule has 0 aromatic heterocycles. The first kappa shape index (κ1) is 17.0. The van der Waals surface area contributed by atoms with Crippen LogP contribution in [0.4, 0.5) is 4.79 Å². The lowest BCUT2D eigenvalue weighted by Crippen LogP contribution is -2.34. The molecule has 0 spiro atoms. The minimum Gasteiger partial charge on any atom is -0.497 e. The van der Waals surface area contributed by atoms with Gasteiger partial charge in [0, 0.05) is 6.42 Å². The summed E-state index contributed by atoms with van der Waals surface area (Å²) >= 11 is 0. The Morgan fingerprint density at radius 3 is 2.52 bits per heavy atom. The van der Waals surface area contributed by atoms with E-state index < -0.39 is 6.09 Å². The first-order valence-corrected chi connectivity index (χ1v) is 8.28. The Labute approximate surface area is 147 Å². The highest BCUT2D eigenvalue weighted by Gasteiger charge is 2.39. The first-order valence-electron chi connectivity index (χ1n) is 8.28. The first-order chi connectivity index (χ1) is 12.1. The van der Waals surface area contributed by atoms with Crippen molar-refractivity contribution in [3.63, 3.8) is 0 Å². The largest absolute Gasteiger partial charge is 0.497 e. The van der Waals surface area contributed by atoms with Gasteiger partial charge in [0.1, 0.15) is 18.4 Å². The van der Waals surface area contributed by atoms with Crippen LogP contribution in [0, 0.1) is 0 Å². The molecule has 0 aliphatic carbocycles. The second-order valence-corrected chi connectivity index (χ2v) is 6.15. The van der Waals surface area contributed by atoms with Crippen molar-refractivity contribution in [2.75, 3.05) is 13.7 Å². The molecule has 5 heteroatoms. The highest BCUT2D eigenvalue weighted by Crippen LogP contribution is 2.30. The monoisotopic (exact) mass is 339 g/mol. The summed E-state index contributed by atoms with van der Waals surface area (Å²) in [7, 11) is 1.62. The van der Waals surface area contributed by atoms with Crippen LogP contribution in [-0.4, -0.2) is 30.6 Å². The summed E-state index contributed by atoms with van der Waals surface area (Å²) in [5.74, 6) is 0.539. The highest BCUT2D eigenvalue weighted by molar-refractivity contribution is 5.94. The number of amides is 2. The molecule has 0 unspecified atom stereocenters. The normalized spacial score (nSPS) is 17.9. The molecule has 1 aliphatic heterocycles. The Bertz CT molecular complexity index is 742. The van der Waals surface area contributed by atoms with Crippen molar-refractivity contribution in [1.82, 2.24) is 4.90 Å². The number of hydrogen-bond donors (Lipinski definition) is 0. The maximum absolute atomic E-state index is 12.7. The molecule has 0 N–H and O–H groups in total. The van der Waals surface area contributed by atoms with E-state index in [1.165, 1.54) is 4.90 Å². The molecule has 0 bridgehead atoms. The smallest absolute Gasteiger partial charge is 0.417 e. The Morgan fingerprint density at radius 2 is 1.88 bits per heavy atom. The zero-order valence-corrected chi connectivity index (χ0v) is 14.3. The van der Waals surface area contributed by atoms with Gasteiger partial charge in [-0.3, -0.25) is 4.79 Å². The third-order valence-corrected chi connectivity index (χ3v) is 4.49. The van der Waals surface area contributed by atoms with Crippen molar-refractivity contribution in [2.24, 2.45) is 0 Å². The maximum atomic E-state index is 12.7. The van der Waals surface area contributed by atoms with Gasteiger partial charge in [-0.05, 0) is 29.2 Å². The number of nitrogens with zero attached hydrogens (tertiary/aromatic N) is 1. The van der Waals surface area contributed by atoms with Gasteiger partial charge in [0.25, 0.3) is 0 Å². The molecule has 2 aromatic carbocycles. The predicted octanol–water partition coefficient (Wildman–Crippen LogP) is 3.91. The number of carbonyl (C=O) groups excluding carboxylic acids is 2. The third-order valence-electron chi connectivity index (χ3n) is 4.49. The molecule has 5 nitrogen and oxygen atoms in total. The molecule has 0 saturated carbocycles. The van der Waals surface area contributed by atoms with Gasteiger partial charge in [0.2, 0.25) is 5.91 Å². The van der Waals surface area contributed by atoms with Crippen molar-refractivity contribution in [2.45, 2.75) is 25.3 Å². The van der Waals surface area contributed by atoms with Crippen LogP contribution in [0.1, 0.15) is 36.4 Å². The summed E-state index contributed by atoms with van der Waals surface area (Å²) in [4.78, 5) is 26.1. The second-order valence-electron chi connectivity index (χ2n) is 6.15. The van der Waals surface area contributed by atoms with Gasteiger partial charge in [-0.2, -0.15) is 0 Å². The fraction of sp³-hybridized carbons (Fsp3) is 0.300. The van der Waals surface area contributed by atoms with E-state index >= 15 is 0 Å². The Morgan fingerprint density at radius 1 is 1.20 bits per heavy atom. The van der Waals surface area contributed by atoms with E-state index in [0.717, 1.165) is 16.9 Å². The topological polar surface area (TPSA) is 55.8 Å². The molecule has 2 atom stereocenters.